The van der Waals surface area contributed by atoms with Crippen LogP contribution in [0.5, 0.6) is 0 Å². The molecule has 1 heterocycles. The van der Waals surface area contributed by atoms with Crippen molar-refractivity contribution >= 4 is 11.8 Å². The first-order chi connectivity index (χ1) is 9.11. The summed E-state index contributed by atoms with van der Waals surface area (Å²) in [5.41, 5.74) is -0.146. The van der Waals surface area contributed by atoms with Gasteiger partial charge in [-0.05, 0) is 32.1 Å². The van der Waals surface area contributed by atoms with Gasteiger partial charge in [-0.2, -0.15) is 0 Å². The van der Waals surface area contributed by atoms with Crippen molar-refractivity contribution in [1.29, 1.82) is 0 Å². The van der Waals surface area contributed by atoms with Crippen LogP contribution >= 0.6 is 0 Å². The topological polar surface area (TPSA) is 95.1 Å². The summed E-state index contributed by atoms with van der Waals surface area (Å²) in [4.78, 5) is 29.6. The highest BCUT2D eigenvalue weighted by Gasteiger charge is 2.30. The fourth-order valence-corrected chi connectivity index (χ4v) is 2.65. The normalized spacial score (nSPS) is 26.3. The molecule has 3 N–H and O–H groups in total. The van der Waals surface area contributed by atoms with Crippen LogP contribution in [0.15, 0.2) is 10.9 Å². The van der Waals surface area contributed by atoms with Crippen molar-refractivity contribution in [2.75, 3.05) is 5.32 Å². The van der Waals surface area contributed by atoms with Gasteiger partial charge < -0.3 is 15.4 Å². The highest BCUT2D eigenvalue weighted by atomic mass is 16.4. The van der Waals surface area contributed by atoms with Gasteiger partial charge in [0.05, 0.1) is 5.92 Å². The summed E-state index contributed by atoms with van der Waals surface area (Å²) in [6.45, 7) is 0. The smallest absolute Gasteiger partial charge is 0.306 e. The Hall–Kier alpha value is -1.85. The number of carbonyl (C=O) groups is 1. The molecule has 1 aromatic rings. The van der Waals surface area contributed by atoms with Gasteiger partial charge in [-0.1, -0.05) is 0 Å². The summed E-state index contributed by atoms with van der Waals surface area (Å²) in [5, 5.41) is 12.2. The van der Waals surface area contributed by atoms with E-state index in [2.05, 4.69) is 15.3 Å². The van der Waals surface area contributed by atoms with E-state index in [1.54, 1.807) is 0 Å². The first-order valence-corrected chi connectivity index (χ1v) is 6.72. The quantitative estimate of drug-likeness (QED) is 0.761. The number of carboxylic acids is 1. The third kappa shape index (κ3) is 2.77. The monoisotopic (exact) mass is 263 g/mol. The van der Waals surface area contributed by atoms with Crippen LogP contribution < -0.4 is 10.9 Å². The maximum absolute atomic E-state index is 11.6. The zero-order chi connectivity index (χ0) is 13.4. The van der Waals surface area contributed by atoms with Gasteiger partial charge >= 0.3 is 5.97 Å². The number of carboxylic acid groups (broad SMARTS) is 1. The summed E-state index contributed by atoms with van der Waals surface area (Å²) in [6, 6.07) is 1.54. The lowest BCUT2D eigenvalue weighted by atomic mass is 10.1. The molecule has 0 bridgehead atoms. The molecule has 19 heavy (non-hydrogen) atoms. The zero-order valence-electron chi connectivity index (χ0n) is 10.6. The van der Waals surface area contributed by atoms with E-state index in [1.165, 1.54) is 6.07 Å². The van der Waals surface area contributed by atoms with Crippen LogP contribution in [0.25, 0.3) is 0 Å². The molecule has 2 fully saturated rings. The highest BCUT2D eigenvalue weighted by molar-refractivity contribution is 5.70. The number of aromatic nitrogens is 2. The van der Waals surface area contributed by atoms with Crippen LogP contribution in [0.4, 0.5) is 5.82 Å². The molecule has 0 aliphatic heterocycles. The Kier molecular flexibility index (Phi) is 3.00. The molecule has 0 spiro atoms. The van der Waals surface area contributed by atoms with Crippen molar-refractivity contribution in [2.45, 2.75) is 44.1 Å². The Morgan fingerprint density at radius 1 is 1.37 bits per heavy atom. The number of hydrogen-bond donors (Lipinski definition) is 3. The first-order valence-electron chi connectivity index (χ1n) is 6.72. The van der Waals surface area contributed by atoms with Crippen molar-refractivity contribution < 1.29 is 9.90 Å². The summed E-state index contributed by atoms with van der Waals surface area (Å²) < 4.78 is 0. The first kappa shape index (κ1) is 12.2. The molecule has 6 nitrogen and oxygen atoms in total. The van der Waals surface area contributed by atoms with E-state index in [9.17, 15) is 9.59 Å². The van der Waals surface area contributed by atoms with Crippen molar-refractivity contribution in [3.63, 3.8) is 0 Å². The van der Waals surface area contributed by atoms with Gasteiger partial charge in [0.15, 0.2) is 0 Å². The molecular formula is C13H17N3O3. The molecule has 0 amide bonds. The average Bonchev–Trinajstić information content (AvgIpc) is 3.09. The minimum Gasteiger partial charge on any atom is -0.481 e. The van der Waals surface area contributed by atoms with Crippen molar-refractivity contribution in [3.8, 4) is 0 Å². The number of H-pyrrole nitrogens is 1. The lowest BCUT2D eigenvalue weighted by Gasteiger charge is -2.13. The standard InChI is InChI=1S/C13H17N3O3/c17-11-6-10(15-12(16-11)7-1-2-7)14-9-4-3-8(5-9)13(18)19/h6-9H,1-5H2,(H,18,19)(H2,14,15,16,17)/t8-,9+/m1/s1. The van der Waals surface area contributed by atoms with Crippen molar-refractivity contribution in [1.82, 2.24) is 9.97 Å². The zero-order valence-corrected chi connectivity index (χ0v) is 10.6. The Labute approximate surface area is 110 Å². The average molecular weight is 263 g/mol. The molecule has 6 heteroatoms. The number of anilines is 1. The van der Waals surface area contributed by atoms with E-state index in [0.717, 1.165) is 25.1 Å². The highest BCUT2D eigenvalue weighted by Crippen LogP contribution is 2.37. The summed E-state index contributed by atoms with van der Waals surface area (Å²) in [6.07, 6.45) is 4.26. The molecule has 0 radical (unpaired) electrons. The maximum atomic E-state index is 11.6. The Balaban J connectivity index is 1.70. The Morgan fingerprint density at radius 2 is 2.16 bits per heavy atom. The van der Waals surface area contributed by atoms with Crippen LogP contribution in [0.1, 0.15) is 43.8 Å². The fourth-order valence-electron chi connectivity index (χ4n) is 2.65. The van der Waals surface area contributed by atoms with Crippen LogP contribution in [-0.2, 0) is 4.79 Å². The number of aromatic amines is 1. The van der Waals surface area contributed by atoms with Crippen molar-refractivity contribution in [2.24, 2.45) is 5.92 Å². The van der Waals surface area contributed by atoms with E-state index in [0.29, 0.717) is 24.6 Å². The summed E-state index contributed by atoms with van der Waals surface area (Å²) in [5.74, 6) is 0.707. The second kappa shape index (κ2) is 4.68. The number of aliphatic carboxylic acids is 1. The second-order valence-electron chi connectivity index (χ2n) is 5.48. The summed E-state index contributed by atoms with van der Waals surface area (Å²) in [7, 11) is 0. The summed E-state index contributed by atoms with van der Waals surface area (Å²) >= 11 is 0. The molecule has 0 aromatic carbocycles. The SMILES string of the molecule is O=C(O)[C@@H]1CC[C@H](Nc2cc(=O)[nH]c(C3CC3)n2)C1. The van der Waals surface area contributed by atoms with E-state index >= 15 is 0 Å². The van der Waals surface area contributed by atoms with Crippen LogP contribution in [0.3, 0.4) is 0 Å². The molecular weight excluding hydrogens is 246 g/mol. The lowest BCUT2D eigenvalue weighted by molar-refractivity contribution is -0.141. The second-order valence-corrected chi connectivity index (χ2v) is 5.48. The molecule has 2 saturated carbocycles. The predicted molar refractivity (Wildman–Crippen MR) is 69.2 cm³/mol. The van der Waals surface area contributed by atoms with Crippen LogP contribution in [-0.4, -0.2) is 27.1 Å². The number of nitrogens with one attached hydrogen (secondary N) is 2. The molecule has 2 aliphatic rings. The van der Waals surface area contributed by atoms with Gasteiger partial charge in [0.25, 0.3) is 5.56 Å². The van der Waals surface area contributed by atoms with Gasteiger partial charge in [0.1, 0.15) is 11.6 Å². The third-order valence-electron chi connectivity index (χ3n) is 3.86. The van der Waals surface area contributed by atoms with E-state index in [4.69, 9.17) is 5.11 Å². The molecule has 3 rings (SSSR count). The van der Waals surface area contributed by atoms with Gasteiger partial charge in [-0.15, -0.1) is 0 Å². The molecule has 2 atom stereocenters. The van der Waals surface area contributed by atoms with Gasteiger partial charge in [0, 0.05) is 18.0 Å². The Morgan fingerprint density at radius 3 is 2.79 bits per heavy atom. The van der Waals surface area contributed by atoms with Gasteiger partial charge in [0.2, 0.25) is 0 Å². The molecule has 102 valence electrons. The maximum Gasteiger partial charge on any atom is 0.306 e. The van der Waals surface area contributed by atoms with E-state index in [1.807, 2.05) is 0 Å². The van der Waals surface area contributed by atoms with E-state index < -0.39 is 5.97 Å². The van der Waals surface area contributed by atoms with Crippen LogP contribution in [0.2, 0.25) is 0 Å². The van der Waals surface area contributed by atoms with Gasteiger partial charge in [-0.3, -0.25) is 9.59 Å². The fraction of sp³-hybridized carbons (Fsp3) is 0.615. The predicted octanol–water partition coefficient (Wildman–Crippen LogP) is 1.31. The molecule has 0 unspecified atom stereocenters. The molecule has 1 aromatic heterocycles. The molecule has 0 saturated heterocycles. The van der Waals surface area contributed by atoms with Crippen LogP contribution in [0, 0.1) is 5.92 Å². The number of rotatable bonds is 4. The Bertz CT molecular complexity index is 550. The third-order valence-corrected chi connectivity index (χ3v) is 3.86. The minimum absolute atomic E-state index is 0.0995. The molecule has 2 aliphatic carbocycles. The van der Waals surface area contributed by atoms with Gasteiger partial charge in [-0.25, -0.2) is 4.98 Å². The lowest BCUT2D eigenvalue weighted by Crippen LogP contribution is -2.21. The number of nitrogens with zero attached hydrogens (tertiary/aromatic N) is 1. The van der Waals surface area contributed by atoms with E-state index in [-0.39, 0.29) is 17.5 Å². The largest absolute Gasteiger partial charge is 0.481 e. The van der Waals surface area contributed by atoms with Crippen molar-refractivity contribution in [3.05, 3.63) is 22.2 Å². The minimum atomic E-state index is -0.734. The number of hydrogen-bond acceptors (Lipinski definition) is 4.